The van der Waals surface area contributed by atoms with Gasteiger partial charge in [-0.25, -0.2) is 0 Å². The number of hydrogen-bond donors (Lipinski definition) is 0. The number of benzene rings is 2. The molecule has 0 fully saturated rings. The van der Waals surface area contributed by atoms with E-state index in [1.165, 1.54) is 11.1 Å². The second-order valence-corrected chi connectivity index (χ2v) is 7.38. The van der Waals surface area contributed by atoms with Gasteiger partial charge in [0.2, 0.25) is 0 Å². The Kier molecular flexibility index (Phi) is 4.41. The SMILES string of the molecule is CSc1ccc(C(=O)N=c2sc3cc(C)c(C)cc3n2C)cc1. The molecule has 1 heterocycles. The van der Waals surface area contributed by atoms with E-state index in [4.69, 9.17) is 0 Å². The van der Waals surface area contributed by atoms with E-state index in [0.717, 1.165) is 19.9 Å². The number of nitrogens with zero attached hydrogens (tertiary/aromatic N) is 2. The highest BCUT2D eigenvalue weighted by atomic mass is 32.2. The highest BCUT2D eigenvalue weighted by molar-refractivity contribution is 7.98. The third-order valence-electron chi connectivity index (χ3n) is 3.96. The highest BCUT2D eigenvalue weighted by Crippen LogP contribution is 2.21. The predicted octanol–water partition coefficient (Wildman–Crippen LogP) is 4.32. The van der Waals surface area contributed by atoms with Crippen molar-refractivity contribution in [3.8, 4) is 0 Å². The van der Waals surface area contributed by atoms with Crippen LogP contribution in [0.2, 0.25) is 0 Å². The first-order valence-electron chi connectivity index (χ1n) is 7.29. The fraction of sp³-hybridized carbons (Fsp3) is 0.222. The van der Waals surface area contributed by atoms with E-state index in [2.05, 4.69) is 31.0 Å². The molecule has 1 aromatic heterocycles. The minimum Gasteiger partial charge on any atom is -0.319 e. The average molecular weight is 342 g/mol. The molecule has 0 saturated carbocycles. The summed E-state index contributed by atoms with van der Waals surface area (Å²) in [5.74, 6) is -0.201. The Labute approximate surface area is 143 Å². The molecule has 0 radical (unpaired) electrons. The fourth-order valence-electron chi connectivity index (χ4n) is 2.37. The van der Waals surface area contributed by atoms with Crippen LogP contribution < -0.4 is 4.80 Å². The van der Waals surface area contributed by atoms with Crippen LogP contribution >= 0.6 is 23.1 Å². The summed E-state index contributed by atoms with van der Waals surface area (Å²) in [5, 5.41) is 0. The van der Waals surface area contributed by atoms with Gasteiger partial charge in [0, 0.05) is 17.5 Å². The van der Waals surface area contributed by atoms with E-state index < -0.39 is 0 Å². The summed E-state index contributed by atoms with van der Waals surface area (Å²) < 4.78 is 3.14. The normalized spacial score (nSPS) is 12.1. The lowest BCUT2D eigenvalue weighted by molar-refractivity contribution is 0.0998. The van der Waals surface area contributed by atoms with Gasteiger partial charge < -0.3 is 4.57 Å². The van der Waals surface area contributed by atoms with Gasteiger partial charge >= 0.3 is 0 Å². The monoisotopic (exact) mass is 342 g/mol. The molecule has 0 bridgehead atoms. The molecular formula is C18H18N2OS2. The predicted molar refractivity (Wildman–Crippen MR) is 98.4 cm³/mol. The zero-order chi connectivity index (χ0) is 16.6. The van der Waals surface area contributed by atoms with Crippen LogP contribution in [0.25, 0.3) is 10.2 Å². The van der Waals surface area contributed by atoms with E-state index in [1.807, 2.05) is 42.1 Å². The maximum atomic E-state index is 12.4. The van der Waals surface area contributed by atoms with Crippen LogP contribution in [0.1, 0.15) is 21.5 Å². The largest absolute Gasteiger partial charge is 0.319 e. The number of hydrogen-bond acceptors (Lipinski definition) is 3. The Morgan fingerprint density at radius 2 is 1.78 bits per heavy atom. The molecule has 0 saturated heterocycles. The van der Waals surface area contributed by atoms with Gasteiger partial charge in [0.15, 0.2) is 4.80 Å². The van der Waals surface area contributed by atoms with Crippen LogP contribution in [0.3, 0.4) is 0 Å². The minimum atomic E-state index is -0.201. The van der Waals surface area contributed by atoms with Crippen LogP contribution in [-0.4, -0.2) is 16.7 Å². The van der Waals surface area contributed by atoms with Crippen LogP contribution in [0.4, 0.5) is 0 Å². The lowest BCUT2D eigenvalue weighted by Gasteiger charge is -2.01. The van der Waals surface area contributed by atoms with Crippen molar-refractivity contribution in [1.82, 2.24) is 4.57 Å². The summed E-state index contributed by atoms with van der Waals surface area (Å²) in [6.07, 6.45) is 2.02. The van der Waals surface area contributed by atoms with E-state index >= 15 is 0 Å². The third-order valence-corrected chi connectivity index (χ3v) is 5.80. The molecule has 0 spiro atoms. The summed E-state index contributed by atoms with van der Waals surface area (Å²) in [7, 11) is 1.95. The van der Waals surface area contributed by atoms with Crippen molar-refractivity contribution in [3.05, 3.63) is 57.9 Å². The Morgan fingerprint density at radius 3 is 2.43 bits per heavy atom. The van der Waals surface area contributed by atoms with Gasteiger partial charge in [-0.2, -0.15) is 4.99 Å². The Balaban J connectivity index is 2.06. The van der Waals surface area contributed by atoms with Gasteiger partial charge in [-0.1, -0.05) is 11.3 Å². The van der Waals surface area contributed by atoms with Crippen molar-refractivity contribution >= 4 is 39.2 Å². The zero-order valence-electron chi connectivity index (χ0n) is 13.6. The molecule has 2 aromatic carbocycles. The lowest BCUT2D eigenvalue weighted by atomic mass is 10.1. The summed E-state index contributed by atoms with van der Waals surface area (Å²) in [6.45, 7) is 4.20. The van der Waals surface area contributed by atoms with Gasteiger partial charge in [-0.3, -0.25) is 4.79 Å². The maximum Gasteiger partial charge on any atom is 0.279 e. The molecule has 1 amide bonds. The Bertz CT molecular complexity index is 950. The highest BCUT2D eigenvalue weighted by Gasteiger charge is 2.08. The topological polar surface area (TPSA) is 34.4 Å². The number of carbonyl (C=O) groups excluding carboxylic acids is 1. The van der Waals surface area contributed by atoms with Gasteiger partial charge in [-0.15, -0.1) is 11.8 Å². The minimum absolute atomic E-state index is 0.201. The average Bonchev–Trinajstić information content (AvgIpc) is 2.84. The van der Waals surface area contributed by atoms with Crippen molar-refractivity contribution in [2.45, 2.75) is 18.7 Å². The van der Waals surface area contributed by atoms with E-state index in [9.17, 15) is 4.79 Å². The van der Waals surface area contributed by atoms with Crippen molar-refractivity contribution in [2.24, 2.45) is 12.0 Å². The quantitative estimate of drug-likeness (QED) is 0.650. The van der Waals surface area contributed by atoms with Crippen LogP contribution in [-0.2, 0) is 7.05 Å². The van der Waals surface area contributed by atoms with Gasteiger partial charge in [0.25, 0.3) is 5.91 Å². The second-order valence-electron chi connectivity index (χ2n) is 5.49. The molecule has 3 rings (SSSR count). The second kappa shape index (κ2) is 6.34. The molecule has 118 valence electrons. The summed E-state index contributed by atoms with van der Waals surface area (Å²) in [5.41, 5.74) is 4.23. The number of amides is 1. The molecule has 3 aromatic rings. The fourth-order valence-corrected chi connectivity index (χ4v) is 3.88. The zero-order valence-corrected chi connectivity index (χ0v) is 15.2. The number of rotatable bonds is 2. The van der Waals surface area contributed by atoms with Crippen LogP contribution in [0.15, 0.2) is 46.3 Å². The van der Waals surface area contributed by atoms with Crippen molar-refractivity contribution in [2.75, 3.05) is 6.26 Å². The smallest absolute Gasteiger partial charge is 0.279 e. The molecule has 3 nitrogen and oxygen atoms in total. The number of thioether (sulfide) groups is 1. The third kappa shape index (κ3) is 3.12. The van der Waals surface area contributed by atoms with E-state index in [1.54, 1.807) is 23.1 Å². The molecule has 0 aliphatic rings. The molecule has 0 unspecified atom stereocenters. The lowest BCUT2D eigenvalue weighted by Crippen LogP contribution is -2.13. The first-order valence-corrected chi connectivity index (χ1v) is 9.33. The number of carbonyl (C=O) groups is 1. The molecule has 0 aliphatic heterocycles. The van der Waals surface area contributed by atoms with Gasteiger partial charge in [0.05, 0.1) is 10.2 Å². The Morgan fingerprint density at radius 1 is 1.13 bits per heavy atom. The maximum absolute atomic E-state index is 12.4. The molecule has 0 atom stereocenters. The molecule has 5 heteroatoms. The summed E-state index contributed by atoms with van der Waals surface area (Å²) in [6, 6.07) is 11.9. The van der Waals surface area contributed by atoms with E-state index in [-0.39, 0.29) is 5.91 Å². The molecular weight excluding hydrogens is 324 g/mol. The standard InChI is InChI=1S/C18H18N2OS2/c1-11-9-15-16(10-12(11)2)23-18(20(15)3)19-17(21)13-5-7-14(22-4)8-6-13/h5-10H,1-4H3. The van der Waals surface area contributed by atoms with Gasteiger partial charge in [0.1, 0.15) is 0 Å². The number of thiazole rings is 1. The summed E-state index contributed by atoms with van der Waals surface area (Å²) in [4.78, 5) is 18.6. The number of fused-ring (bicyclic) bond motifs is 1. The number of aryl methyl sites for hydroxylation is 3. The number of aromatic nitrogens is 1. The van der Waals surface area contributed by atoms with Crippen molar-refractivity contribution < 1.29 is 4.79 Å². The first-order chi connectivity index (χ1) is 11.0. The summed E-state index contributed by atoms with van der Waals surface area (Å²) >= 11 is 3.21. The Hall–Kier alpha value is -1.85. The van der Waals surface area contributed by atoms with Crippen molar-refractivity contribution in [1.29, 1.82) is 0 Å². The molecule has 0 N–H and O–H groups in total. The van der Waals surface area contributed by atoms with Crippen LogP contribution in [0, 0.1) is 13.8 Å². The van der Waals surface area contributed by atoms with Crippen molar-refractivity contribution in [3.63, 3.8) is 0 Å². The van der Waals surface area contributed by atoms with E-state index in [0.29, 0.717) is 5.56 Å². The molecule has 0 aliphatic carbocycles. The van der Waals surface area contributed by atoms with Crippen LogP contribution in [0.5, 0.6) is 0 Å². The van der Waals surface area contributed by atoms with Gasteiger partial charge in [-0.05, 0) is 67.6 Å². The molecule has 23 heavy (non-hydrogen) atoms. The first kappa shape index (κ1) is 16.0.